The Labute approximate surface area is 113 Å². The maximum atomic E-state index is 7.17. The van der Waals surface area contributed by atoms with Crippen LogP contribution in [0.5, 0.6) is 0 Å². The maximum absolute atomic E-state index is 7.17. The highest BCUT2D eigenvalue weighted by atomic mass is 16.5. The van der Waals surface area contributed by atoms with Crippen LogP contribution in [0.3, 0.4) is 0 Å². The van der Waals surface area contributed by atoms with Crippen molar-refractivity contribution < 1.29 is 15.1 Å². The smallest absolute Gasteiger partial charge is 0.402 e. The highest BCUT2D eigenvalue weighted by molar-refractivity contribution is 6.30. The van der Waals surface area contributed by atoms with Gasteiger partial charge in [0.15, 0.2) is 0 Å². The summed E-state index contributed by atoms with van der Waals surface area (Å²) in [6.07, 6.45) is 0. The van der Waals surface area contributed by atoms with Crippen LogP contribution in [0.25, 0.3) is 11.1 Å². The number of rotatable bonds is 2. The van der Waals surface area contributed by atoms with Gasteiger partial charge in [-0.3, -0.25) is 0 Å². The molecule has 19 heavy (non-hydrogen) atoms. The Hall–Kier alpha value is -1.66. The van der Waals surface area contributed by atoms with Gasteiger partial charge in [-0.1, -0.05) is 54.6 Å². The van der Waals surface area contributed by atoms with Crippen LogP contribution < -0.4 is 5.73 Å². The molecule has 5 N–H and O–H groups in total. The van der Waals surface area contributed by atoms with Crippen LogP contribution in [0.2, 0.25) is 0 Å². The predicted octanol–water partition coefficient (Wildman–Crippen LogP) is 1.32. The molecule has 2 aromatic carbocycles. The molecular formula is C14H18BNO3. The van der Waals surface area contributed by atoms with E-state index in [0.29, 0.717) is 0 Å². The number of hydrogen-bond acceptors (Lipinski definition) is 4. The highest BCUT2D eigenvalue weighted by Crippen LogP contribution is 2.26. The second-order valence-electron chi connectivity index (χ2n) is 4.09. The van der Waals surface area contributed by atoms with Crippen LogP contribution in [0, 0.1) is 0 Å². The van der Waals surface area contributed by atoms with Gasteiger partial charge >= 0.3 is 7.32 Å². The normalized spacial score (nSPS) is 11.2. The van der Waals surface area contributed by atoms with Crippen molar-refractivity contribution in [3.63, 3.8) is 0 Å². The monoisotopic (exact) mass is 259 g/mol. The Bertz CT molecular complexity index is 486. The molecule has 100 valence electrons. The molecule has 0 aliphatic carbocycles. The summed E-state index contributed by atoms with van der Waals surface area (Å²) in [6.45, 7) is 2.02. The van der Waals surface area contributed by atoms with Crippen LogP contribution in [-0.4, -0.2) is 22.4 Å². The lowest BCUT2D eigenvalue weighted by atomic mass is 9.96. The molecule has 2 aromatic rings. The molecule has 0 spiro atoms. The number of hydrogen-bond donors (Lipinski definition) is 4. The average Bonchev–Trinajstić information content (AvgIpc) is 2.39. The molecule has 0 amide bonds. The van der Waals surface area contributed by atoms with Gasteiger partial charge in [-0.05, 0) is 23.6 Å². The molecule has 0 bridgehead atoms. The minimum atomic E-state index is -2.17. The topological polar surface area (TPSA) is 86.7 Å². The molecule has 2 rings (SSSR count). The van der Waals surface area contributed by atoms with E-state index in [1.807, 2.05) is 37.3 Å². The first kappa shape index (κ1) is 15.4. The van der Waals surface area contributed by atoms with Crippen molar-refractivity contribution >= 4 is 7.32 Å². The summed E-state index contributed by atoms with van der Waals surface area (Å²) in [5, 5.41) is 21.5. The lowest BCUT2D eigenvalue weighted by Crippen LogP contribution is -2.07. The van der Waals surface area contributed by atoms with Gasteiger partial charge < -0.3 is 20.8 Å². The predicted molar refractivity (Wildman–Crippen MR) is 76.9 cm³/mol. The van der Waals surface area contributed by atoms with Gasteiger partial charge in [-0.25, -0.2) is 0 Å². The molecular weight excluding hydrogens is 241 g/mol. The van der Waals surface area contributed by atoms with E-state index >= 15 is 0 Å². The first-order chi connectivity index (χ1) is 9.02. The third kappa shape index (κ3) is 5.24. The lowest BCUT2D eigenvalue weighted by Gasteiger charge is -2.12. The van der Waals surface area contributed by atoms with E-state index in [-0.39, 0.29) is 6.04 Å². The zero-order valence-electron chi connectivity index (χ0n) is 10.8. The van der Waals surface area contributed by atoms with Crippen LogP contribution in [0.1, 0.15) is 18.5 Å². The molecule has 1 unspecified atom stereocenters. The quantitative estimate of drug-likeness (QED) is 0.612. The zero-order valence-corrected chi connectivity index (χ0v) is 10.8. The summed E-state index contributed by atoms with van der Waals surface area (Å²) in [4.78, 5) is 0. The second-order valence-corrected chi connectivity index (χ2v) is 4.09. The van der Waals surface area contributed by atoms with Gasteiger partial charge in [-0.2, -0.15) is 0 Å². The Kier molecular flexibility index (Phi) is 6.25. The van der Waals surface area contributed by atoms with Crippen molar-refractivity contribution in [3.8, 4) is 11.1 Å². The third-order valence-electron chi connectivity index (χ3n) is 2.54. The molecule has 0 fully saturated rings. The van der Waals surface area contributed by atoms with Crippen LogP contribution in [0.4, 0.5) is 0 Å². The van der Waals surface area contributed by atoms with Crippen molar-refractivity contribution in [2.24, 2.45) is 5.73 Å². The van der Waals surface area contributed by atoms with Crippen LogP contribution >= 0.6 is 0 Å². The Morgan fingerprint density at radius 1 is 0.895 bits per heavy atom. The van der Waals surface area contributed by atoms with Crippen molar-refractivity contribution in [3.05, 3.63) is 60.2 Å². The molecule has 0 aliphatic rings. The van der Waals surface area contributed by atoms with Crippen molar-refractivity contribution in [2.45, 2.75) is 13.0 Å². The molecule has 0 aromatic heterocycles. The van der Waals surface area contributed by atoms with Gasteiger partial charge in [0.05, 0.1) is 0 Å². The molecule has 5 heteroatoms. The molecule has 0 saturated heterocycles. The molecule has 4 nitrogen and oxygen atoms in total. The van der Waals surface area contributed by atoms with Gasteiger partial charge in [0.2, 0.25) is 0 Å². The maximum Gasteiger partial charge on any atom is 0.631 e. The van der Waals surface area contributed by atoms with Gasteiger partial charge in [0.25, 0.3) is 0 Å². The van der Waals surface area contributed by atoms with Crippen LogP contribution in [-0.2, 0) is 0 Å². The van der Waals surface area contributed by atoms with E-state index in [0.717, 1.165) is 0 Å². The van der Waals surface area contributed by atoms with Crippen molar-refractivity contribution in [1.82, 2.24) is 0 Å². The lowest BCUT2D eigenvalue weighted by molar-refractivity contribution is 0.278. The van der Waals surface area contributed by atoms with E-state index in [1.165, 1.54) is 16.7 Å². The van der Waals surface area contributed by atoms with Gasteiger partial charge in [0.1, 0.15) is 0 Å². The highest BCUT2D eigenvalue weighted by Gasteiger charge is 2.06. The molecule has 0 saturated carbocycles. The van der Waals surface area contributed by atoms with Gasteiger partial charge in [-0.15, -0.1) is 0 Å². The standard InChI is InChI=1S/C14H15N.BH3O3/c1-11(15)13-9-5-6-10-14(13)12-7-3-2-4-8-12;2-1(3)4/h2-11H,15H2,1H3;2-4H. The molecule has 0 radical (unpaired) electrons. The van der Waals surface area contributed by atoms with Crippen molar-refractivity contribution in [1.29, 1.82) is 0 Å². The van der Waals surface area contributed by atoms with E-state index in [4.69, 9.17) is 20.8 Å². The minimum Gasteiger partial charge on any atom is -0.402 e. The van der Waals surface area contributed by atoms with Gasteiger partial charge in [0, 0.05) is 6.04 Å². The summed E-state index contributed by atoms with van der Waals surface area (Å²) < 4.78 is 0. The largest absolute Gasteiger partial charge is 0.631 e. The van der Waals surface area contributed by atoms with E-state index in [9.17, 15) is 0 Å². The summed E-state index contributed by atoms with van der Waals surface area (Å²) in [7, 11) is -2.17. The summed E-state index contributed by atoms with van der Waals surface area (Å²) >= 11 is 0. The average molecular weight is 259 g/mol. The first-order valence-electron chi connectivity index (χ1n) is 5.96. The Balaban J connectivity index is 0.000000399. The summed E-state index contributed by atoms with van der Waals surface area (Å²) in [5.41, 5.74) is 9.61. The number of nitrogens with two attached hydrogens (primary N) is 1. The fraction of sp³-hybridized carbons (Fsp3) is 0.143. The third-order valence-corrected chi connectivity index (χ3v) is 2.54. The fourth-order valence-electron chi connectivity index (χ4n) is 1.77. The summed E-state index contributed by atoms with van der Waals surface area (Å²) in [5.74, 6) is 0. The Morgan fingerprint density at radius 3 is 1.89 bits per heavy atom. The second kappa shape index (κ2) is 7.71. The van der Waals surface area contributed by atoms with E-state index < -0.39 is 7.32 Å². The number of benzene rings is 2. The molecule has 0 aliphatic heterocycles. The van der Waals surface area contributed by atoms with Crippen LogP contribution in [0.15, 0.2) is 54.6 Å². The summed E-state index contributed by atoms with van der Waals surface area (Å²) in [6, 6.07) is 18.7. The molecule has 1 atom stereocenters. The first-order valence-corrected chi connectivity index (χ1v) is 5.96. The van der Waals surface area contributed by atoms with Crippen molar-refractivity contribution in [2.75, 3.05) is 0 Å². The fourth-order valence-corrected chi connectivity index (χ4v) is 1.77. The Morgan fingerprint density at radius 2 is 1.37 bits per heavy atom. The van der Waals surface area contributed by atoms with E-state index in [2.05, 4.69) is 24.3 Å². The SMILES string of the molecule is CC(N)c1ccccc1-c1ccccc1.OB(O)O. The van der Waals surface area contributed by atoms with E-state index in [1.54, 1.807) is 0 Å². The minimum absolute atomic E-state index is 0.0707. The molecule has 0 heterocycles. The zero-order chi connectivity index (χ0) is 14.3.